The minimum atomic E-state index is -0.0425. The molecule has 88 valence electrons. The number of carbonyl (C=O) groups excluding carboxylic acids is 1. The summed E-state index contributed by atoms with van der Waals surface area (Å²) in [5, 5.41) is 0. The SMILES string of the molecule is Nc1nc2cc(C(=O)c3ccccc3)ccc2o1. The van der Waals surface area contributed by atoms with Gasteiger partial charge in [0.25, 0.3) is 6.01 Å². The van der Waals surface area contributed by atoms with E-state index in [2.05, 4.69) is 4.98 Å². The van der Waals surface area contributed by atoms with Crippen LogP contribution in [-0.2, 0) is 0 Å². The molecule has 18 heavy (non-hydrogen) atoms. The maximum Gasteiger partial charge on any atom is 0.292 e. The van der Waals surface area contributed by atoms with E-state index in [1.165, 1.54) is 0 Å². The van der Waals surface area contributed by atoms with E-state index >= 15 is 0 Å². The summed E-state index contributed by atoms with van der Waals surface area (Å²) in [6.07, 6.45) is 0. The number of nitrogens with zero attached hydrogens (tertiary/aromatic N) is 1. The van der Waals surface area contributed by atoms with Crippen molar-refractivity contribution < 1.29 is 9.21 Å². The van der Waals surface area contributed by atoms with Crippen molar-refractivity contribution in [3.63, 3.8) is 0 Å². The largest absolute Gasteiger partial charge is 0.424 e. The Morgan fingerprint density at radius 1 is 1.06 bits per heavy atom. The minimum Gasteiger partial charge on any atom is -0.424 e. The Hall–Kier alpha value is -2.62. The molecule has 0 aliphatic rings. The molecule has 3 rings (SSSR count). The van der Waals surface area contributed by atoms with Crippen LogP contribution in [-0.4, -0.2) is 10.8 Å². The van der Waals surface area contributed by atoms with Gasteiger partial charge in [0.15, 0.2) is 11.4 Å². The van der Waals surface area contributed by atoms with Gasteiger partial charge in [-0.25, -0.2) is 0 Å². The van der Waals surface area contributed by atoms with Crippen molar-refractivity contribution in [3.8, 4) is 0 Å². The van der Waals surface area contributed by atoms with Gasteiger partial charge >= 0.3 is 0 Å². The first-order valence-electron chi connectivity index (χ1n) is 5.50. The number of rotatable bonds is 2. The quantitative estimate of drug-likeness (QED) is 0.697. The predicted molar refractivity (Wildman–Crippen MR) is 68.3 cm³/mol. The predicted octanol–water partition coefficient (Wildman–Crippen LogP) is 2.64. The summed E-state index contributed by atoms with van der Waals surface area (Å²) < 4.78 is 5.16. The molecule has 4 nitrogen and oxygen atoms in total. The molecule has 3 aromatic rings. The number of nitrogen functional groups attached to an aromatic ring is 1. The van der Waals surface area contributed by atoms with Crippen molar-refractivity contribution >= 4 is 22.9 Å². The van der Waals surface area contributed by atoms with Crippen LogP contribution in [0.25, 0.3) is 11.1 Å². The van der Waals surface area contributed by atoms with Crippen LogP contribution in [0.2, 0.25) is 0 Å². The molecule has 0 fully saturated rings. The first kappa shape index (κ1) is 10.5. The number of hydrogen-bond acceptors (Lipinski definition) is 4. The Kier molecular flexibility index (Phi) is 2.34. The first-order valence-corrected chi connectivity index (χ1v) is 5.50. The zero-order chi connectivity index (χ0) is 12.5. The van der Waals surface area contributed by atoms with Crippen molar-refractivity contribution in [2.24, 2.45) is 0 Å². The van der Waals surface area contributed by atoms with Gasteiger partial charge < -0.3 is 10.2 Å². The summed E-state index contributed by atoms with van der Waals surface area (Å²) in [5.74, 6) is -0.0425. The van der Waals surface area contributed by atoms with Gasteiger partial charge in [0.05, 0.1) is 0 Å². The number of nitrogens with two attached hydrogens (primary N) is 1. The fourth-order valence-corrected chi connectivity index (χ4v) is 1.84. The molecule has 0 atom stereocenters. The van der Waals surface area contributed by atoms with Gasteiger partial charge in [-0.15, -0.1) is 0 Å². The van der Waals surface area contributed by atoms with Gasteiger partial charge in [0.2, 0.25) is 0 Å². The van der Waals surface area contributed by atoms with Crippen LogP contribution in [0, 0.1) is 0 Å². The summed E-state index contributed by atoms with van der Waals surface area (Å²) in [7, 11) is 0. The monoisotopic (exact) mass is 238 g/mol. The van der Waals surface area contributed by atoms with E-state index in [1.807, 2.05) is 18.2 Å². The molecule has 2 N–H and O–H groups in total. The third-order valence-corrected chi connectivity index (χ3v) is 2.70. The second-order valence-corrected chi connectivity index (χ2v) is 3.93. The van der Waals surface area contributed by atoms with E-state index in [9.17, 15) is 4.79 Å². The van der Waals surface area contributed by atoms with Crippen molar-refractivity contribution in [2.45, 2.75) is 0 Å². The van der Waals surface area contributed by atoms with Crippen molar-refractivity contribution in [1.29, 1.82) is 0 Å². The summed E-state index contributed by atoms with van der Waals surface area (Å²) in [4.78, 5) is 16.2. The normalized spacial score (nSPS) is 10.7. The number of carbonyl (C=O) groups is 1. The van der Waals surface area contributed by atoms with Gasteiger partial charge in [-0.05, 0) is 18.2 Å². The van der Waals surface area contributed by atoms with E-state index in [1.54, 1.807) is 30.3 Å². The maximum absolute atomic E-state index is 12.2. The van der Waals surface area contributed by atoms with Gasteiger partial charge in [0, 0.05) is 11.1 Å². The van der Waals surface area contributed by atoms with Gasteiger partial charge in [-0.2, -0.15) is 4.98 Å². The van der Waals surface area contributed by atoms with Crippen LogP contribution >= 0.6 is 0 Å². The van der Waals surface area contributed by atoms with Crippen molar-refractivity contribution in [3.05, 3.63) is 59.7 Å². The highest BCUT2D eigenvalue weighted by Crippen LogP contribution is 2.19. The van der Waals surface area contributed by atoms with Crippen LogP contribution in [0.4, 0.5) is 6.01 Å². The Bertz CT molecular complexity index is 717. The number of hydrogen-bond donors (Lipinski definition) is 1. The standard InChI is InChI=1S/C14H10N2O2/c15-14-16-11-8-10(6-7-12(11)18-14)13(17)9-4-2-1-3-5-9/h1-8H,(H2,15,16). The molecule has 0 radical (unpaired) electrons. The molecule has 0 spiro atoms. The highest BCUT2D eigenvalue weighted by Gasteiger charge is 2.11. The number of oxazole rings is 1. The summed E-state index contributed by atoms with van der Waals surface area (Å²) in [6.45, 7) is 0. The topological polar surface area (TPSA) is 69.1 Å². The highest BCUT2D eigenvalue weighted by atomic mass is 16.4. The van der Waals surface area contributed by atoms with E-state index in [0.717, 1.165) is 0 Å². The average Bonchev–Trinajstić information content (AvgIpc) is 2.78. The second-order valence-electron chi connectivity index (χ2n) is 3.93. The number of benzene rings is 2. The minimum absolute atomic E-state index is 0.0425. The van der Waals surface area contributed by atoms with Crippen LogP contribution in [0.15, 0.2) is 52.9 Å². The molecule has 2 aromatic carbocycles. The second kappa shape index (κ2) is 4.00. The van der Waals surface area contributed by atoms with Gasteiger partial charge in [-0.3, -0.25) is 4.79 Å². The molecule has 4 heteroatoms. The summed E-state index contributed by atoms with van der Waals surface area (Å²) in [6, 6.07) is 14.3. The van der Waals surface area contributed by atoms with Crippen LogP contribution in [0.5, 0.6) is 0 Å². The Balaban J connectivity index is 2.06. The molecular formula is C14H10N2O2. The lowest BCUT2D eigenvalue weighted by atomic mass is 10.0. The molecule has 0 saturated heterocycles. The van der Waals surface area contributed by atoms with Crippen LogP contribution in [0.1, 0.15) is 15.9 Å². The molecule has 0 bridgehead atoms. The average molecular weight is 238 g/mol. The smallest absolute Gasteiger partial charge is 0.292 e. The summed E-state index contributed by atoms with van der Waals surface area (Å²) >= 11 is 0. The lowest BCUT2D eigenvalue weighted by molar-refractivity contribution is 0.103. The van der Waals surface area contributed by atoms with Gasteiger partial charge in [-0.1, -0.05) is 30.3 Å². The zero-order valence-corrected chi connectivity index (χ0v) is 9.46. The van der Waals surface area contributed by atoms with Gasteiger partial charge in [0.1, 0.15) is 5.52 Å². The first-order chi connectivity index (χ1) is 8.74. The van der Waals surface area contributed by atoms with E-state index in [0.29, 0.717) is 22.2 Å². The third kappa shape index (κ3) is 1.73. The molecule has 1 aromatic heterocycles. The molecule has 0 aliphatic heterocycles. The zero-order valence-electron chi connectivity index (χ0n) is 9.46. The van der Waals surface area contributed by atoms with E-state index < -0.39 is 0 Å². The van der Waals surface area contributed by atoms with Crippen LogP contribution < -0.4 is 5.73 Å². The number of ketones is 1. The summed E-state index contributed by atoms with van der Waals surface area (Å²) in [5.41, 5.74) is 7.86. The van der Waals surface area contributed by atoms with Crippen molar-refractivity contribution in [2.75, 3.05) is 5.73 Å². The van der Waals surface area contributed by atoms with E-state index in [4.69, 9.17) is 10.2 Å². The van der Waals surface area contributed by atoms with Crippen LogP contribution in [0.3, 0.4) is 0 Å². The lowest BCUT2D eigenvalue weighted by Gasteiger charge is -2.00. The Morgan fingerprint density at radius 3 is 2.61 bits per heavy atom. The number of aromatic nitrogens is 1. The Labute approximate surface area is 103 Å². The fourth-order valence-electron chi connectivity index (χ4n) is 1.84. The molecule has 1 heterocycles. The third-order valence-electron chi connectivity index (χ3n) is 2.70. The Morgan fingerprint density at radius 2 is 1.83 bits per heavy atom. The van der Waals surface area contributed by atoms with Crippen molar-refractivity contribution in [1.82, 2.24) is 4.98 Å². The molecule has 0 saturated carbocycles. The highest BCUT2D eigenvalue weighted by molar-refractivity contribution is 6.10. The molecule has 0 amide bonds. The number of anilines is 1. The van der Waals surface area contributed by atoms with E-state index in [-0.39, 0.29) is 11.8 Å². The fraction of sp³-hybridized carbons (Fsp3) is 0. The molecular weight excluding hydrogens is 228 g/mol. The maximum atomic E-state index is 12.2. The lowest BCUT2D eigenvalue weighted by Crippen LogP contribution is -2.00. The molecule has 0 unspecified atom stereocenters. The number of fused-ring (bicyclic) bond motifs is 1. The molecule has 0 aliphatic carbocycles.